The van der Waals surface area contributed by atoms with Crippen LogP contribution in [0.15, 0.2) is 29.6 Å². The van der Waals surface area contributed by atoms with E-state index in [1.807, 2.05) is 6.92 Å². The maximum Gasteiger partial charge on any atom is 0.146 e. The van der Waals surface area contributed by atoms with E-state index < -0.39 is 0 Å². The molecule has 22 heavy (non-hydrogen) atoms. The van der Waals surface area contributed by atoms with Gasteiger partial charge in [-0.2, -0.15) is 0 Å². The van der Waals surface area contributed by atoms with Gasteiger partial charge in [0.1, 0.15) is 5.78 Å². The van der Waals surface area contributed by atoms with Crippen molar-refractivity contribution in [1.29, 1.82) is 0 Å². The van der Waals surface area contributed by atoms with Gasteiger partial charge in [0.2, 0.25) is 0 Å². The second-order valence-corrected chi connectivity index (χ2v) is 6.34. The number of carbonyl (C=O) groups excluding carboxylic acids is 1. The zero-order chi connectivity index (χ0) is 15.1. The minimum Gasteiger partial charge on any atom is -0.324 e. The predicted molar refractivity (Wildman–Crippen MR) is 94.9 cm³/mol. The van der Waals surface area contributed by atoms with E-state index in [4.69, 9.17) is 5.73 Å². The number of hydrogen-bond acceptors (Lipinski definition) is 4. The first-order chi connectivity index (χ1) is 10.2. The number of thiazole rings is 1. The molecule has 0 spiro atoms. The normalized spacial score (nSPS) is 10.3. The van der Waals surface area contributed by atoms with Gasteiger partial charge in [-0.1, -0.05) is 24.3 Å². The van der Waals surface area contributed by atoms with E-state index >= 15 is 0 Å². The Morgan fingerprint density at radius 1 is 1.23 bits per heavy atom. The van der Waals surface area contributed by atoms with Crippen LogP contribution in [0.5, 0.6) is 0 Å². The summed E-state index contributed by atoms with van der Waals surface area (Å²) >= 11 is 1.71. The molecule has 0 fully saturated rings. The van der Waals surface area contributed by atoms with E-state index in [0.29, 0.717) is 6.42 Å². The van der Waals surface area contributed by atoms with Gasteiger partial charge in [0.25, 0.3) is 0 Å². The molecule has 0 saturated carbocycles. The highest BCUT2D eigenvalue weighted by molar-refractivity contribution is 7.09. The number of aromatic nitrogens is 1. The quantitative estimate of drug-likeness (QED) is 0.801. The largest absolute Gasteiger partial charge is 0.324 e. The fourth-order valence-electron chi connectivity index (χ4n) is 2.33. The first-order valence-corrected chi connectivity index (χ1v) is 8.26. The van der Waals surface area contributed by atoms with Crippen molar-refractivity contribution < 1.29 is 4.79 Å². The molecule has 0 amide bonds. The Bertz CT molecular complexity index is 598. The van der Waals surface area contributed by atoms with Gasteiger partial charge in [-0.3, -0.25) is 4.79 Å². The summed E-state index contributed by atoms with van der Waals surface area (Å²) in [7, 11) is 0. The molecule has 3 nitrogen and oxygen atoms in total. The highest BCUT2D eigenvalue weighted by atomic mass is 35.5. The second-order valence-electron chi connectivity index (χ2n) is 5.27. The Hall–Kier alpha value is -1.23. The van der Waals surface area contributed by atoms with Gasteiger partial charge in [0, 0.05) is 11.8 Å². The van der Waals surface area contributed by atoms with Crippen molar-refractivity contribution in [3.05, 3.63) is 51.5 Å². The van der Waals surface area contributed by atoms with Crippen LogP contribution in [0, 0.1) is 6.92 Å². The van der Waals surface area contributed by atoms with Crippen molar-refractivity contribution in [3.8, 4) is 0 Å². The summed E-state index contributed by atoms with van der Waals surface area (Å²) in [5.41, 5.74) is 9.13. The highest BCUT2D eigenvalue weighted by Crippen LogP contribution is 2.13. The van der Waals surface area contributed by atoms with Gasteiger partial charge in [0.05, 0.1) is 17.2 Å². The number of carbonyl (C=O) groups is 1. The van der Waals surface area contributed by atoms with Gasteiger partial charge in [-0.25, -0.2) is 4.98 Å². The average Bonchev–Trinajstić information content (AvgIpc) is 2.91. The van der Waals surface area contributed by atoms with Crippen molar-refractivity contribution >= 4 is 29.5 Å². The lowest BCUT2D eigenvalue weighted by atomic mass is 10.0. The van der Waals surface area contributed by atoms with Crippen LogP contribution in [-0.4, -0.2) is 17.3 Å². The number of ketones is 1. The van der Waals surface area contributed by atoms with Crippen molar-refractivity contribution in [2.24, 2.45) is 5.73 Å². The number of hydrogen-bond donors (Lipinski definition) is 1. The van der Waals surface area contributed by atoms with E-state index in [2.05, 4.69) is 34.6 Å². The van der Waals surface area contributed by atoms with Crippen LogP contribution in [0.4, 0.5) is 0 Å². The molecule has 0 aliphatic carbocycles. The van der Waals surface area contributed by atoms with Gasteiger partial charge in [0.15, 0.2) is 0 Å². The molecular weight excluding hydrogens is 316 g/mol. The highest BCUT2D eigenvalue weighted by Gasteiger charge is 2.02. The minimum absolute atomic E-state index is 0. The van der Waals surface area contributed by atoms with Crippen molar-refractivity contribution in [3.63, 3.8) is 0 Å². The predicted octanol–water partition coefficient (Wildman–Crippen LogP) is 3.51. The number of Topliss-reactive ketones (excluding diaryl/α,β-unsaturated/α-hetero) is 1. The van der Waals surface area contributed by atoms with Crippen molar-refractivity contribution in [1.82, 2.24) is 4.98 Å². The lowest BCUT2D eigenvalue weighted by Crippen LogP contribution is -2.13. The number of halogens is 1. The monoisotopic (exact) mass is 338 g/mol. The molecule has 0 bridgehead atoms. The molecule has 1 aromatic heterocycles. The zero-order valence-electron chi connectivity index (χ0n) is 12.9. The molecule has 2 rings (SSSR count). The van der Waals surface area contributed by atoms with E-state index in [9.17, 15) is 4.79 Å². The first kappa shape index (κ1) is 18.8. The lowest BCUT2D eigenvalue weighted by Gasteiger charge is -2.05. The Balaban J connectivity index is 0.00000242. The number of aryl methyl sites for hydroxylation is 4. The van der Waals surface area contributed by atoms with Crippen LogP contribution in [0.1, 0.15) is 34.7 Å². The molecule has 2 N–H and O–H groups in total. The van der Waals surface area contributed by atoms with E-state index in [1.165, 1.54) is 16.8 Å². The SMILES string of the molecule is Cc1nc(CCc2cccc(CCCC(=O)CN)c2)cs1.Cl. The number of benzene rings is 1. The van der Waals surface area contributed by atoms with Crippen LogP contribution >= 0.6 is 23.7 Å². The van der Waals surface area contributed by atoms with Gasteiger partial charge >= 0.3 is 0 Å². The molecule has 0 aliphatic rings. The number of rotatable bonds is 8. The van der Waals surface area contributed by atoms with Gasteiger partial charge in [-0.15, -0.1) is 23.7 Å². The summed E-state index contributed by atoms with van der Waals surface area (Å²) in [4.78, 5) is 15.7. The van der Waals surface area contributed by atoms with E-state index in [1.54, 1.807) is 11.3 Å². The Morgan fingerprint density at radius 3 is 2.59 bits per heavy atom. The lowest BCUT2D eigenvalue weighted by molar-refractivity contribution is -0.117. The maximum atomic E-state index is 11.2. The van der Waals surface area contributed by atoms with Crippen LogP contribution in [0.3, 0.4) is 0 Å². The van der Waals surface area contributed by atoms with Crippen LogP contribution < -0.4 is 5.73 Å². The fraction of sp³-hybridized carbons (Fsp3) is 0.412. The van der Waals surface area contributed by atoms with Crippen LogP contribution in [-0.2, 0) is 24.1 Å². The van der Waals surface area contributed by atoms with E-state index in [0.717, 1.165) is 30.7 Å². The molecule has 0 radical (unpaired) electrons. The second kappa shape index (κ2) is 9.72. The Labute approximate surface area is 142 Å². The van der Waals surface area contributed by atoms with Gasteiger partial charge in [-0.05, 0) is 43.7 Å². The summed E-state index contributed by atoms with van der Waals surface area (Å²) in [6.07, 6.45) is 4.40. The zero-order valence-corrected chi connectivity index (χ0v) is 14.5. The Morgan fingerprint density at radius 2 is 1.95 bits per heavy atom. The third kappa shape index (κ3) is 6.26. The molecule has 0 unspecified atom stereocenters. The van der Waals surface area contributed by atoms with Crippen molar-refractivity contribution in [2.45, 2.75) is 39.0 Å². The molecule has 0 saturated heterocycles. The van der Waals surface area contributed by atoms with Crippen LogP contribution in [0.25, 0.3) is 0 Å². The summed E-state index contributed by atoms with van der Waals surface area (Å²) in [5, 5.41) is 3.26. The molecule has 0 atom stereocenters. The van der Waals surface area contributed by atoms with E-state index in [-0.39, 0.29) is 24.7 Å². The smallest absolute Gasteiger partial charge is 0.146 e. The molecule has 1 heterocycles. The van der Waals surface area contributed by atoms with Crippen LogP contribution in [0.2, 0.25) is 0 Å². The molecule has 2 aromatic rings. The summed E-state index contributed by atoms with van der Waals surface area (Å²) < 4.78 is 0. The Kier molecular flexibility index (Phi) is 8.31. The topological polar surface area (TPSA) is 56.0 Å². The van der Waals surface area contributed by atoms with Crippen molar-refractivity contribution in [2.75, 3.05) is 6.54 Å². The first-order valence-electron chi connectivity index (χ1n) is 7.38. The average molecular weight is 339 g/mol. The maximum absolute atomic E-state index is 11.2. The third-order valence-corrected chi connectivity index (χ3v) is 4.30. The fourth-order valence-corrected chi connectivity index (χ4v) is 2.97. The molecule has 1 aromatic carbocycles. The number of nitrogens with zero attached hydrogens (tertiary/aromatic N) is 1. The summed E-state index contributed by atoms with van der Waals surface area (Å²) in [5.74, 6) is 0.144. The third-order valence-electron chi connectivity index (χ3n) is 3.48. The summed E-state index contributed by atoms with van der Waals surface area (Å²) in [6, 6.07) is 8.63. The standard InChI is InChI=1S/C17H22N2OS.ClH/c1-13-19-16(12-21-13)9-8-15-5-2-4-14(10-15)6-3-7-17(20)11-18;/h2,4-5,10,12H,3,6-9,11,18H2,1H3;1H. The molecule has 120 valence electrons. The summed E-state index contributed by atoms with van der Waals surface area (Å²) in [6.45, 7) is 2.20. The minimum atomic E-state index is 0. The molecular formula is C17H23ClN2OS. The molecule has 5 heteroatoms. The van der Waals surface area contributed by atoms with Gasteiger partial charge < -0.3 is 5.73 Å². The molecule has 0 aliphatic heterocycles. The number of nitrogens with two attached hydrogens (primary N) is 1.